The van der Waals surface area contributed by atoms with Gasteiger partial charge in [0.1, 0.15) is 0 Å². The molecule has 1 aromatic rings. The standard InChI is InChI=1S/C15H24N2OS/c1-11-17-10-13(19-11)14(16)12-5-8-18-15(9-12)6-3-2-4-7-15/h10,12,14H,2-9,16H2,1H3. The number of ether oxygens (including phenoxy) is 1. The van der Waals surface area contributed by atoms with Crippen molar-refractivity contribution < 1.29 is 4.74 Å². The quantitative estimate of drug-likeness (QED) is 0.900. The molecule has 2 unspecified atom stereocenters. The highest BCUT2D eigenvalue weighted by Crippen LogP contribution is 2.44. The fraction of sp³-hybridized carbons (Fsp3) is 0.800. The van der Waals surface area contributed by atoms with Gasteiger partial charge < -0.3 is 10.5 Å². The zero-order chi connectivity index (χ0) is 13.3. The number of thiazole rings is 1. The summed E-state index contributed by atoms with van der Waals surface area (Å²) in [6.45, 7) is 2.93. The highest BCUT2D eigenvalue weighted by Gasteiger charge is 2.40. The average molecular weight is 280 g/mol. The average Bonchev–Trinajstić information content (AvgIpc) is 2.85. The number of aromatic nitrogens is 1. The molecule has 3 rings (SSSR count). The van der Waals surface area contributed by atoms with Crippen LogP contribution in [0.15, 0.2) is 6.20 Å². The Bertz CT molecular complexity index is 420. The van der Waals surface area contributed by atoms with E-state index >= 15 is 0 Å². The molecule has 1 aromatic heterocycles. The maximum absolute atomic E-state index is 6.49. The van der Waals surface area contributed by atoms with Crippen LogP contribution in [0.4, 0.5) is 0 Å². The molecule has 1 saturated heterocycles. The van der Waals surface area contributed by atoms with Gasteiger partial charge in [-0.15, -0.1) is 11.3 Å². The molecule has 1 aliphatic heterocycles. The first kappa shape index (κ1) is 13.5. The third-order valence-electron chi connectivity index (χ3n) is 4.77. The van der Waals surface area contributed by atoms with E-state index in [0.29, 0.717) is 5.92 Å². The van der Waals surface area contributed by atoms with E-state index in [1.54, 1.807) is 11.3 Å². The molecule has 106 valence electrons. The Kier molecular flexibility index (Phi) is 3.92. The molecule has 1 saturated carbocycles. The summed E-state index contributed by atoms with van der Waals surface area (Å²) < 4.78 is 6.16. The lowest BCUT2D eigenvalue weighted by Crippen LogP contribution is -2.43. The molecule has 1 spiro atoms. The second kappa shape index (κ2) is 5.51. The predicted molar refractivity (Wildman–Crippen MR) is 78.3 cm³/mol. The van der Waals surface area contributed by atoms with Crippen LogP contribution in [0, 0.1) is 12.8 Å². The summed E-state index contributed by atoms with van der Waals surface area (Å²) in [6, 6.07) is 0.147. The normalized spacial score (nSPS) is 28.4. The minimum Gasteiger partial charge on any atom is -0.375 e. The van der Waals surface area contributed by atoms with E-state index < -0.39 is 0 Å². The van der Waals surface area contributed by atoms with Gasteiger partial charge in [-0.05, 0) is 38.5 Å². The minimum atomic E-state index is 0.147. The lowest BCUT2D eigenvalue weighted by atomic mass is 9.74. The van der Waals surface area contributed by atoms with Crippen molar-refractivity contribution >= 4 is 11.3 Å². The van der Waals surface area contributed by atoms with Gasteiger partial charge in [-0.25, -0.2) is 4.98 Å². The molecule has 0 radical (unpaired) electrons. The van der Waals surface area contributed by atoms with Gasteiger partial charge >= 0.3 is 0 Å². The van der Waals surface area contributed by atoms with Crippen molar-refractivity contribution in [2.45, 2.75) is 63.5 Å². The largest absolute Gasteiger partial charge is 0.375 e. The highest BCUT2D eigenvalue weighted by atomic mass is 32.1. The predicted octanol–water partition coefficient (Wildman–Crippen LogP) is 3.58. The smallest absolute Gasteiger partial charge is 0.0897 e. The van der Waals surface area contributed by atoms with Gasteiger partial charge in [0.15, 0.2) is 0 Å². The van der Waals surface area contributed by atoms with Crippen molar-refractivity contribution in [1.82, 2.24) is 4.98 Å². The van der Waals surface area contributed by atoms with Crippen molar-refractivity contribution in [3.05, 3.63) is 16.1 Å². The molecule has 2 N–H and O–H groups in total. The van der Waals surface area contributed by atoms with Crippen LogP contribution in [-0.2, 0) is 4.74 Å². The third kappa shape index (κ3) is 2.86. The Morgan fingerprint density at radius 1 is 1.42 bits per heavy atom. The molecular formula is C15H24N2OS. The van der Waals surface area contributed by atoms with Crippen LogP contribution in [0.25, 0.3) is 0 Å². The number of nitrogens with zero attached hydrogens (tertiary/aromatic N) is 1. The topological polar surface area (TPSA) is 48.1 Å². The van der Waals surface area contributed by atoms with Gasteiger partial charge in [0.25, 0.3) is 0 Å². The van der Waals surface area contributed by atoms with E-state index in [-0.39, 0.29) is 11.6 Å². The van der Waals surface area contributed by atoms with E-state index in [1.807, 2.05) is 13.1 Å². The van der Waals surface area contributed by atoms with Crippen LogP contribution in [0.1, 0.15) is 60.9 Å². The van der Waals surface area contributed by atoms with E-state index in [4.69, 9.17) is 10.5 Å². The summed E-state index contributed by atoms with van der Waals surface area (Å²) in [6.07, 6.45) is 10.7. The van der Waals surface area contributed by atoms with Crippen LogP contribution >= 0.6 is 11.3 Å². The van der Waals surface area contributed by atoms with Crippen molar-refractivity contribution in [1.29, 1.82) is 0 Å². The molecule has 0 bridgehead atoms. The van der Waals surface area contributed by atoms with Gasteiger partial charge in [0.05, 0.1) is 10.6 Å². The van der Waals surface area contributed by atoms with Crippen LogP contribution in [0.5, 0.6) is 0 Å². The van der Waals surface area contributed by atoms with Crippen LogP contribution in [0.2, 0.25) is 0 Å². The SMILES string of the molecule is Cc1ncc(C(N)C2CCOC3(CCCCC3)C2)s1. The second-order valence-corrected chi connectivity index (χ2v) is 7.42. The maximum atomic E-state index is 6.49. The van der Waals surface area contributed by atoms with Crippen molar-refractivity contribution in [3.8, 4) is 0 Å². The van der Waals surface area contributed by atoms with E-state index in [2.05, 4.69) is 4.98 Å². The molecule has 1 aliphatic carbocycles. The number of hydrogen-bond donors (Lipinski definition) is 1. The summed E-state index contributed by atoms with van der Waals surface area (Å²) in [5.74, 6) is 0.562. The van der Waals surface area contributed by atoms with E-state index in [0.717, 1.165) is 24.5 Å². The monoisotopic (exact) mass is 280 g/mol. The van der Waals surface area contributed by atoms with Gasteiger partial charge in [-0.2, -0.15) is 0 Å². The zero-order valence-electron chi connectivity index (χ0n) is 11.7. The number of aryl methyl sites for hydroxylation is 1. The van der Waals surface area contributed by atoms with Gasteiger partial charge in [0, 0.05) is 23.7 Å². The van der Waals surface area contributed by atoms with Crippen molar-refractivity contribution in [2.24, 2.45) is 11.7 Å². The molecule has 4 heteroatoms. The van der Waals surface area contributed by atoms with Crippen LogP contribution in [-0.4, -0.2) is 17.2 Å². The van der Waals surface area contributed by atoms with Gasteiger partial charge in [-0.3, -0.25) is 0 Å². The Morgan fingerprint density at radius 3 is 2.89 bits per heavy atom. The summed E-state index contributed by atoms with van der Waals surface area (Å²) in [7, 11) is 0. The maximum Gasteiger partial charge on any atom is 0.0897 e. The first-order valence-corrected chi connectivity index (χ1v) is 8.32. The Labute approximate surface area is 119 Å². The van der Waals surface area contributed by atoms with Crippen molar-refractivity contribution in [3.63, 3.8) is 0 Å². The highest BCUT2D eigenvalue weighted by molar-refractivity contribution is 7.11. The summed E-state index contributed by atoms with van der Waals surface area (Å²) >= 11 is 1.75. The van der Waals surface area contributed by atoms with E-state index in [1.165, 1.54) is 37.0 Å². The zero-order valence-corrected chi connectivity index (χ0v) is 12.5. The fourth-order valence-corrected chi connectivity index (χ4v) is 4.56. The molecule has 2 atom stereocenters. The molecule has 0 amide bonds. The Balaban J connectivity index is 1.70. The molecule has 2 heterocycles. The first-order valence-electron chi connectivity index (χ1n) is 7.50. The molecular weight excluding hydrogens is 256 g/mol. The molecule has 3 nitrogen and oxygen atoms in total. The lowest BCUT2D eigenvalue weighted by Gasteiger charge is -2.44. The van der Waals surface area contributed by atoms with Gasteiger partial charge in [0.2, 0.25) is 0 Å². The Hall–Kier alpha value is -0.450. The van der Waals surface area contributed by atoms with Crippen molar-refractivity contribution in [2.75, 3.05) is 6.61 Å². The van der Waals surface area contributed by atoms with Gasteiger partial charge in [-0.1, -0.05) is 19.3 Å². The molecule has 0 aromatic carbocycles. The number of hydrogen-bond acceptors (Lipinski definition) is 4. The van der Waals surface area contributed by atoms with Crippen LogP contribution < -0.4 is 5.73 Å². The summed E-state index contributed by atoms with van der Waals surface area (Å²) in [5, 5.41) is 1.12. The first-order chi connectivity index (χ1) is 9.19. The lowest BCUT2D eigenvalue weighted by molar-refractivity contribution is -0.120. The summed E-state index contributed by atoms with van der Waals surface area (Å²) in [4.78, 5) is 5.59. The Morgan fingerprint density at radius 2 is 2.21 bits per heavy atom. The molecule has 2 fully saturated rings. The number of nitrogens with two attached hydrogens (primary N) is 1. The number of rotatable bonds is 2. The second-order valence-electron chi connectivity index (χ2n) is 6.15. The molecule has 2 aliphatic rings. The minimum absolute atomic E-state index is 0.147. The third-order valence-corrected chi connectivity index (χ3v) is 5.79. The van der Waals surface area contributed by atoms with E-state index in [9.17, 15) is 0 Å². The van der Waals surface area contributed by atoms with Crippen LogP contribution in [0.3, 0.4) is 0 Å². The summed E-state index contributed by atoms with van der Waals surface area (Å²) in [5.41, 5.74) is 6.64. The molecule has 19 heavy (non-hydrogen) atoms. The fourth-order valence-electron chi connectivity index (χ4n) is 3.68.